The largest absolute Gasteiger partial charge is 0.379 e. The van der Waals surface area contributed by atoms with Gasteiger partial charge in [0.2, 0.25) is 0 Å². The van der Waals surface area contributed by atoms with Gasteiger partial charge in [-0.1, -0.05) is 0 Å². The van der Waals surface area contributed by atoms with Gasteiger partial charge in [-0.2, -0.15) is 0 Å². The molecule has 0 aromatic carbocycles. The fourth-order valence-electron chi connectivity index (χ4n) is 0.123. The molecule has 2 amide bonds. The Hall–Kier alpha value is -1.05. The van der Waals surface area contributed by atoms with Crippen LogP contribution in [0.2, 0.25) is 0 Å². The Balaban J connectivity index is -0.0000000590. The van der Waals surface area contributed by atoms with Crippen LogP contribution in [0.3, 0.4) is 0 Å². The maximum absolute atomic E-state index is 9.65. The van der Waals surface area contributed by atoms with E-state index >= 15 is 0 Å². The molecule has 0 aromatic heterocycles. The van der Waals surface area contributed by atoms with Crippen LogP contribution in [0.1, 0.15) is 6.92 Å². The topological polar surface area (TPSA) is 218 Å². The van der Waals surface area contributed by atoms with Crippen molar-refractivity contribution in [3.05, 3.63) is 0 Å². The van der Waals surface area contributed by atoms with E-state index in [9.17, 15) is 4.79 Å². The summed E-state index contributed by atoms with van der Waals surface area (Å²) < 4.78 is 0. The van der Waals surface area contributed by atoms with Crippen molar-refractivity contribution in [1.82, 2.24) is 16.4 Å². The number of aliphatic hydroxyl groups is 1. The molecule has 0 bridgehead atoms. The molecule has 0 aromatic rings. The number of urea groups is 1. The van der Waals surface area contributed by atoms with E-state index in [1.165, 1.54) is 12.5 Å². The molecule has 0 fully saturated rings. The highest BCUT2D eigenvalue weighted by Gasteiger charge is 1.78. The number of carbonyl (C=O) groups excluding carboxylic acids is 1. The zero-order valence-corrected chi connectivity index (χ0v) is 8.64. The highest BCUT2D eigenvalue weighted by atomic mass is 16.5. The summed E-state index contributed by atoms with van der Waals surface area (Å²) in [7, 11) is 1.56. The van der Waals surface area contributed by atoms with Gasteiger partial charge < -0.3 is 27.0 Å². The Morgan fingerprint density at radius 2 is 1.60 bits per heavy atom. The van der Waals surface area contributed by atoms with Gasteiger partial charge in [0.25, 0.3) is 0 Å². The second-order valence-corrected chi connectivity index (χ2v) is 1.61. The summed E-state index contributed by atoms with van der Waals surface area (Å²) in [4.78, 5) is 9.65. The number of aliphatic hydroxyl groups excluding tert-OH is 1. The quantitative estimate of drug-likeness (QED) is 0.121. The Morgan fingerprint density at radius 1 is 1.40 bits per heavy atom. The van der Waals surface area contributed by atoms with E-state index in [4.69, 9.17) is 15.5 Å². The number of amides is 2. The number of nitrogens with one attached hydrogen (secondary N) is 3. The number of rotatable bonds is 1. The summed E-state index contributed by atoms with van der Waals surface area (Å²) in [6.07, 6.45) is -0.667. The lowest BCUT2D eigenvalue weighted by molar-refractivity contribution is 0.169. The normalized spacial score (nSPS) is 8.80. The summed E-state index contributed by atoms with van der Waals surface area (Å²) in [6, 6.07) is -0.572. The molecule has 0 spiro atoms. The Kier molecular flexibility index (Phi) is 46.1. The van der Waals surface area contributed by atoms with E-state index in [0.717, 1.165) is 0 Å². The van der Waals surface area contributed by atoms with Crippen LogP contribution in [0, 0.1) is 0 Å². The number of nitrogens with two attached hydrogens (primary N) is 4. The van der Waals surface area contributed by atoms with Crippen molar-refractivity contribution in [1.29, 1.82) is 0 Å². The van der Waals surface area contributed by atoms with Crippen molar-refractivity contribution in [3.8, 4) is 0 Å². The first kappa shape index (κ1) is 23.6. The fourth-order valence-corrected chi connectivity index (χ4v) is 0.123. The first-order chi connectivity index (χ1) is 6.92. The van der Waals surface area contributed by atoms with Gasteiger partial charge in [0.15, 0.2) is 0 Å². The van der Waals surface area contributed by atoms with Gasteiger partial charge in [-0.3, -0.25) is 5.43 Å². The molecule has 1 atom stereocenters. The average molecular weight is 231 g/mol. The van der Waals surface area contributed by atoms with Gasteiger partial charge in [0.1, 0.15) is 0 Å². The number of hydrogen-bond acceptors (Lipinski definition) is 9. The van der Waals surface area contributed by atoms with Crippen LogP contribution in [-0.2, 0) is 0 Å². The minimum atomic E-state index is -0.667. The van der Waals surface area contributed by atoms with Crippen molar-refractivity contribution in [2.24, 2.45) is 23.2 Å². The number of hydrogen-bond donors (Lipinski definition) is 10. The lowest BCUT2D eigenvalue weighted by Gasteiger charge is -1.91. The molecule has 11 heteroatoms. The minimum absolute atomic E-state index is 0.572. The molecule has 15 heavy (non-hydrogen) atoms. The molecule has 0 rings (SSSR count). The zero-order valence-electron chi connectivity index (χ0n) is 8.64. The molecule has 96 valence electrons. The van der Waals surface area contributed by atoms with Crippen LogP contribution < -0.4 is 39.6 Å². The predicted octanol–water partition coefficient (Wildman–Crippen LogP) is -3.75. The number of primary amides is 1. The highest BCUT2D eigenvalue weighted by Crippen LogP contribution is 1.50. The average Bonchev–Trinajstić information content (AvgIpc) is 2.07. The monoisotopic (exact) mass is 231 g/mol. The second kappa shape index (κ2) is 29.3. The zero-order chi connectivity index (χ0) is 13.3. The molecule has 0 aliphatic rings. The van der Waals surface area contributed by atoms with E-state index in [1.54, 1.807) is 7.05 Å². The van der Waals surface area contributed by atoms with E-state index < -0.39 is 12.3 Å². The smallest absolute Gasteiger partial charge is 0.326 e. The van der Waals surface area contributed by atoms with Gasteiger partial charge >= 0.3 is 6.03 Å². The molecular weight excluding hydrogens is 210 g/mol. The molecule has 11 nitrogen and oxygen atoms in total. The molecule has 0 saturated carbocycles. The van der Waals surface area contributed by atoms with Crippen LogP contribution >= 0.6 is 0 Å². The molecule has 1 unspecified atom stereocenters. The summed E-state index contributed by atoms with van der Waals surface area (Å²) in [5, 5.41) is 21.4. The molecule has 14 N–H and O–H groups in total. The Labute approximate surface area is 87.3 Å². The molecular formula is C4H21N7O4. The standard InChI is InChI=1S/C2H7N3O.C2H7NO.H4N2O.H3NO/c1-4-5-2(3)6;1-2(3)4;1-2-3;1-2/h4H,1H3,(H3,3,5,6);2,4H,3H2,1H3;2-3H,1H2;2H,1H2. The maximum atomic E-state index is 9.65. The van der Waals surface area contributed by atoms with Gasteiger partial charge in [0.05, 0.1) is 6.23 Å². The van der Waals surface area contributed by atoms with Crippen molar-refractivity contribution in [3.63, 3.8) is 0 Å². The van der Waals surface area contributed by atoms with Gasteiger partial charge in [-0.05, 0) is 6.92 Å². The molecule has 0 aliphatic heterocycles. The van der Waals surface area contributed by atoms with Crippen LogP contribution in [0.5, 0.6) is 0 Å². The molecule has 0 saturated heterocycles. The fraction of sp³-hybridized carbons (Fsp3) is 0.750. The Morgan fingerprint density at radius 3 is 1.60 bits per heavy atom. The van der Waals surface area contributed by atoms with E-state index in [2.05, 4.69) is 34.1 Å². The first-order valence-electron chi connectivity index (χ1n) is 3.43. The highest BCUT2D eigenvalue weighted by molar-refractivity contribution is 5.70. The van der Waals surface area contributed by atoms with Gasteiger partial charge in [-0.15, -0.1) is 5.59 Å². The van der Waals surface area contributed by atoms with Crippen molar-refractivity contribution >= 4 is 6.03 Å². The second-order valence-electron chi connectivity index (χ2n) is 1.61. The van der Waals surface area contributed by atoms with Crippen molar-refractivity contribution in [2.75, 3.05) is 7.05 Å². The third-order valence-corrected chi connectivity index (χ3v) is 0.248. The van der Waals surface area contributed by atoms with Crippen LogP contribution in [0.15, 0.2) is 0 Å². The Bertz CT molecular complexity index is 100. The lowest BCUT2D eigenvalue weighted by Crippen LogP contribution is -2.38. The minimum Gasteiger partial charge on any atom is -0.379 e. The SMILES string of the molecule is CC(N)O.CNNC(N)=O.NNO.NO. The third-order valence-electron chi connectivity index (χ3n) is 0.248. The maximum Gasteiger partial charge on any atom is 0.326 e. The van der Waals surface area contributed by atoms with Crippen LogP contribution in [-0.4, -0.2) is 34.8 Å². The molecule has 0 aliphatic carbocycles. The number of carbonyl (C=O) groups is 1. The van der Waals surface area contributed by atoms with Crippen LogP contribution in [0.25, 0.3) is 0 Å². The molecule has 0 heterocycles. The van der Waals surface area contributed by atoms with Crippen LogP contribution in [0.4, 0.5) is 4.79 Å². The van der Waals surface area contributed by atoms with Gasteiger partial charge in [-0.25, -0.2) is 22.0 Å². The van der Waals surface area contributed by atoms with Crippen molar-refractivity contribution < 1.29 is 20.3 Å². The van der Waals surface area contributed by atoms with Gasteiger partial charge in [0, 0.05) is 7.05 Å². The third kappa shape index (κ3) is 408. The molecule has 0 radical (unpaired) electrons. The van der Waals surface area contributed by atoms with E-state index in [-0.39, 0.29) is 0 Å². The summed E-state index contributed by atoms with van der Waals surface area (Å²) in [6.45, 7) is 1.50. The predicted molar refractivity (Wildman–Crippen MR) is 52.7 cm³/mol. The van der Waals surface area contributed by atoms with E-state index in [0.29, 0.717) is 0 Å². The van der Waals surface area contributed by atoms with Crippen molar-refractivity contribution in [2.45, 2.75) is 13.2 Å². The van der Waals surface area contributed by atoms with E-state index in [1.807, 2.05) is 0 Å². The lowest BCUT2D eigenvalue weighted by atomic mass is 10.7. The first-order valence-corrected chi connectivity index (χ1v) is 3.43. The summed E-state index contributed by atoms with van der Waals surface area (Å²) >= 11 is 0. The summed E-state index contributed by atoms with van der Waals surface area (Å²) in [5.74, 6) is 7.65. The number of hydrazine groups is 2. The summed E-state index contributed by atoms with van der Waals surface area (Å²) in [5.41, 5.74) is 14.9.